The minimum absolute atomic E-state index is 0.0775. The Morgan fingerprint density at radius 3 is 2.52 bits per heavy atom. The van der Waals surface area contributed by atoms with Gasteiger partial charge in [0.2, 0.25) is 0 Å². The molecule has 0 fully saturated rings. The third kappa shape index (κ3) is 2.87. The molecular weight excluding hydrogens is 316 g/mol. The first kappa shape index (κ1) is 15.4. The lowest BCUT2D eigenvalue weighted by molar-refractivity contribution is 0.554. The molecular formula is C16H16N2O4S. The zero-order chi connectivity index (χ0) is 16.8. The van der Waals surface area contributed by atoms with Crippen LogP contribution in [-0.2, 0) is 10.0 Å². The van der Waals surface area contributed by atoms with Crippen molar-refractivity contribution in [3.63, 3.8) is 0 Å². The lowest BCUT2D eigenvalue weighted by Crippen LogP contribution is -2.15. The number of hydrogen-bond acceptors (Lipinski definition) is 4. The zero-order valence-corrected chi connectivity index (χ0v) is 13.7. The predicted octanol–water partition coefficient (Wildman–Crippen LogP) is 2.85. The van der Waals surface area contributed by atoms with E-state index in [-0.39, 0.29) is 10.5 Å². The fourth-order valence-electron chi connectivity index (χ4n) is 2.42. The van der Waals surface area contributed by atoms with E-state index in [1.165, 1.54) is 6.07 Å². The fraction of sp³-hybridized carbons (Fsp3) is 0.188. The molecule has 2 aromatic carbocycles. The van der Waals surface area contributed by atoms with Crippen LogP contribution in [0, 0.1) is 20.8 Å². The fourth-order valence-corrected chi connectivity index (χ4v) is 3.79. The summed E-state index contributed by atoms with van der Waals surface area (Å²) in [5.41, 5.74) is 3.51. The van der Waals surface area contributed by atoms with E-state index in [0.29, 0.717) is 16.8 Å². The van der Waals surface area contributed by atoms with Gasteiger partial charge in [-0.25, -0.2) is 13.2 Å². The number of benzene rings is 2. The Hall–Kier alpha value is -2.54. The Labute approximate surface area is 133 Å². The smallest absolute Gasteiger partial charge is 0.408 e. The second kappa shape index (κ2) is 5.27. The molecule has 0 saturated carbocycles. The molecule has 3 aromatic rings. The van der Waals surface area contributed by atoms with Crippen molar-refractivity contribution in [3.05, 3.63) is 57.6 Å². The highest BCUT2D eigenvalue weighted by Crippen LogP contribution is 2.25. The van der Waals surface area contributed by atoms with Crippen LogP contribution in [0.1, 0.15) is 16.7 Å². The van der Waals surface area contributed by atoms with Gasteiger partial charge in [-0.3, -0.25) is 9.71 Å². The number of anilines is 1. The molecule has 0 aliphatic carbocycles. The monoisotopic (exact) mass is 332 g/mol. The number of rotatable bonds is 3. The van der Waals surface area contributed by atoms with Gasteiger partial charge in [-0.1, -0.05) is 12.1 Å². The maximum atomic E-state index is 12.7. The second-order valence-electron chi connectivity index (χ2n) is 5.55. The molecule has 0 atom stereocenters. The topological polar surface area (TPSA) is 92.2 Å². The Bertz CT molecular complexity index is 1060. The molecule has 120 valence electrons. The third-order valence-electron chi connectivity index (χ3n) is 3.64. The van der Waals surface area contributed by atoms with E-state index in [1.807, 2.05) is 26.0 Å². The SMILES string of the molecule is Cc1ccc(C)c(NS(=O)(=O)c2cc3oc(=O)[nH]c3cc2C)c1. The number of oxazole rings is 1. The first-order valence-corrected chi connectivity index (χ1v) is 8.48. The molecule has 6 nitrogen and oxygen atoms in total. The largest absolute Gasteiger partial charge is 0.417 e. The van der Waals surface area contributed by atoms with Crippen LogP contribution < -0.4 is 10.5 Å². The minimum Gasteiger partial charge on any atom is -0.408 e. The Morgan fingerprint density at radius 1 is 1.04 bits per heavy atom. The van der Waals surface area contributed by atoms with Gasteiger partial charge in [0.15, 0.2) is 5.58 Å². The summed E-state index contributed by atoms with van der Waals surface area (Å²) in [7, 11) is -3.79. The number of fused-ring (bicyclic) bond motifs is 1. The van der Waals surface area contributed by atoms with Crippen LogP contribution in [0.4, 0.5) is 5.69 Å². The summed E-state index contributed by atoms with van der Waals surface area (Å²) in [5.74, 6) is -0.614. The summed E-state index contributed by atoms with van der Waals surface area (Å²) in [6, 6.07) is 8.48. The van der Waals surface area contributed by atoms with E-state index < -0.39 is 15.8 Å². The molecule has 0 spiro atoms. The molecule has 3 rings (SSSR count). The lowest BCUT2D eigenvalue weighted by atomic mass is 10.1. The number of hydrogen-bond donors (Lipinski definition) is 2. The van der Waals surface area contributed by atoms with Crippen molar-refractivity contribution >= 4 is 26.8 Å². The van der Waals surface area contributed by atoms with Gasteiger partial charge in [0, 0.05) is 6.07 Å². The van der Waals surface area contributed by atoms with Gasteiger partial charge in [0.1, 0.15) is 0 Å². The van der Waals surface area contributed by atoms with Crippen LogP contribution >= 0.6 is 0 Å². The number of H-pyrrole nitrogens is 1. The van der Waals surface area contributed by atoms with Crippen molar-refractivity contribution in [1.29, 1.82) is 0 Å². The van der Waals surface area contributed by atoms with E-state index >= 15 is 0 Å². The van der Waals surface area contributed by atoms with Crippen molar-refractivity contribution in [3.8, 4) is 0 Å². The summed E-state index contributed by atoms with van der Waals surface area (Å²) in [6.45, 7) is 5.39. The maximum absolute atomic E-state index is 12.7. The normalized spacial score (nSPS) is 11.8. The van der Waals surface area contributed by atoms with Crippen LogP contribution in [0.25, 0.3) is 11.1 Å². The van der Waals surface area contributed by atoms with E-state index in [2.05, 4.69) is 9.71 Å². The van der Waals surface area contributed by atoms with Crippen molar-refractivity contribution in [2.75, 3.05) is 4.72 Å². The summed E-state index contributed by atoms with van der Waals surface area (Å²) in [5, 5.41) is 0. The van der Waals surface area contributed by atoms with E-state index in [0.717, 1.165) is 11.1 Å². The molecule has 0 amide bonds. The molecule has 0 saturated heterocycles. The van der Waals surface area contributed by atoms with Crippen LogP contribution in [0.5, 0.6) is 0 Å². The van der Waals surface area contributed by atoms with Gasteiger partial charge in [0.25, 0.3) is 10.0 Å². The molecule has 0 unspecified atom stereocenters. The standard InChI is InChI=1S/C16H16N2O4S/c1-9-4-5-10(2)12(6-9)18-23(20,21)15-8-14-13(7-11(15)3)17-16(19)22-14/h4-8,18H,1-3H3,(H,17,19). The maximum Gasteiger partial charge on any atom is 0.417 e. The number of aryl methyl sites for hydroxylation is 3. The third-order valence-corrected chi connectivity index (χ3v) is 5.15. The highest BCUT2D eigenvalue weighted by Gasteiger charge is 2.20. The van der Waals surface area contributed by atoms with Crippen LogP contribution in [0.2, 0.25) is 0 Å². The molecule has 7 heteroatoms. The highest BCUT2D eigenvalue weighted by molar-refractivity contribution is 7.92. The van der Waals surface area contributed by atoms with Crippen LogP contribution in [-0.4, -0.2) is 13.4 Å². The van der Waals surface area contributed by atoms with Gasteiger partial charge in [-0.05, 0) is 49.6 Å². The molecule has 1 aromatic heterocycles. The molecule has 0 radical (unpaired) electrons. The van der Waals surface area contributed by atoms with Gasteiger partial charge in [-0.15, -0.1) is 0 Å². The first-order chi connectivity index (χ1) is 10.8. The molecule has 0 bridgehead atoms. The Morgan fingerprint density at radius 2 is 1.78 bits per heavy atom. The molecule has 2 N–H and O–H groups in total. The van der Waals surface area contributed by atoms with Crippen molar-refractivity contribution in [2.24, 2.45) is 0 Å². The molecule has 0 aliphatic heterocycles. The zero-order valence-electron chi connectivity index (χ0n) is 12.9. The average molecular weight is 332 g/mol. The van der Waals surface area contributed by atoms with E-state index in [1.54, 1.807) is 19.1 Å². The van der Waals surface area contributed by atoms with E-state index in [4.69, 9.17) is 4.42 Å². The number of nitrogens with one attached hydrogen (secondary N) is 2. The van der Waals surface area contributed by atoms with E-state index in [9.17, 15) is 13.2 Å². The quantitative estimate of drug-likeness (QED) is 0.771. The van der Waals surface area contributed by atoms with Crippen molar-refractivity contribution in [2.45, 2.75) is 25.7 Å². The lowest BCUT2D eigenvalue weighted by Gasteiger charge is -2.13. The Balaban J connectivity index is 2.10. The molecule has 0 aliphatic rings. The predicted molar refractivity (Wildman–Crippen MR) is 88.3 cm³/mol. The molecule has 23 heavy (non-hydrogen) atoms. The molecule has 1 heterocycles. The van der Waals surface area contributed by atoms with Gasteiger partial charge in [-0.2, -0.15) is 0 Å². The summed E-state index contributed by atoms with van der Waals surface area (Å²) in [6.07, 6.45) is 0. The van der Waals surface area contributed by atoms with Gasteiger partial charge >= 0.3 is 5.76 Å². The van der Waals surface area contributed by atoms with Crippen molar-refractivity contribution < 1.29 is 12.8 Å². The van der Waals surface area contributed by atoms with Gasteiger partial charge < -0.3 is 4.42 Å². The first-order valence-electron chi connectivity index (χ1n) is 7.00. The Kier molecular flexibility index (Phi) is 3.52. The second-order valence-corrected chi connectivity index (χ2v) is 7.20. The summed E-state index contributed by atoms with van der Waals surface area (Å²) in [4.78, 5) is 13.8. The van der Waals surface area contributed by atoms with Crippen LogP contribution in [0.15, 0.2) is 44.4 Å². The number of sulfonamides is 1. The highest BCUT2D eigenvalue weighted by atomic mass is 32.2. The summed E-state index contributed by atoms with van der Waals surface area (Å²) >= 11 is 0. The minimum atomic E-state index is -3.79. The number of aromatic nitrogens is 1. The van der Waals surface area contributed by atoms with Crippen molar-refractivity contribution in [1.82, 2.24) is 4.98 Å². The summed E-state index contributed by atoms with van der Waals surface area (Å²) < 4.78 is 32.9. The van der Waals surface area contributed by atoms with Crippen LogP contribution in [0.3, 0.4) is 0 Å². The number of aromatic amines is 1. The average Bonchev–Trinajstić information content (AvgIpc) is 2.80. The van der Waals surface area contributed by atoms with Gasteiger partial charge in [0.05, 0.1) is 16.1 Å².